The lowest BCUT2D eigenvalue weighted by Crippen LogP contribution is -2.25. The van der Waals surface area contributed by atoms with Gasteiger partial charge in [0.2, 0.25) is 0 Å². The third-order valence-corrected chi connectivity index (χ3v) is 3.16. The summed E-state index contributed by atoms with van der Waals surface area (Å²) in [7, 11) is 0. The Morgan fingerprint density at radius 1 is 1.41 bits per heavy atom. The van der Waals surface area contributed by atoms with Gasteiger partial charge in [0.15, 0.2) is 0 Å². The Kier molecular flexibility index (Phi) is 5.40. The molecule has 92 valence electrons. The first-order valence-corrected chi connectivity index (χ1v) is 6.34. The number of carboxylic acids is 1. The predicted molar refractivity (Wildman–Crippen MR) is 73.1 cm³/mol. The van der Waals surface area contributed by atoms with Gasteiger partial charge in [-0.3, -0.25) is 9.59 Å². The molecule has 0 atom stereocenters. The number of benzene rings is 1. The minimum atomic E-state index is -0.843. The number of amides is 1. The van der Waals surface area contributed by atoms with Crippen molar-refractivity contribution >= 4 is 34.5 Å². The van der Waals surface area contributed by atoms with Crippen LogP contribution in [0, 0.1) is 10.5 Å². The molecule has 0 fully saturated rings. The topological polar surface area (TPSA) is 66.4 Å². The molecule has 1 rings (SSSR count). The number of hydrogen-bond acceptors (Lipinski definition) is 2. The number of aryl methyl sites for hydroxylation is 1. The fourth-order valence-electron chi connectivity index (χ4n) is 1.35. The van der Waals surface area contributed by atoms with Crippen LogP contribution in [0.3, 0.4) is 0 Å². The molecule has 0 aliphatic heterocycles. The van der Waals surface area contributed by atoms with E-state index in [0.717, 1.165) is 9.13 Å². The van der Waals surface area contributed by atoms with Gasteiger partial charge in [-0.15, -0.1) is 0 Å². The van der Waals surface area contributed by atoms with Crippen LogP contribution in [-0.2, 0) is 4.79 Å². The molecule has 0 heterocycles. The van der Waals surface area contributed by atoms with E-state index >= 15 is 0 Å². The summed E-state index contributed by atoms with van der Waals surface area (Å²) in [5.74, 6) is -0.993. The Balaban J connectivity index is 2.52. The van der Waals surface area contributed by atoms with E-state index in [1.807, 2.05) is 25.1 Å². The molecule has 1 aromatic carbocycles. The highest BCUT2D eigenvalue weighted by atomic mass is 127. The quantitative estimate of drug-likeness (QED) is 0.634. The van der Waals surface area contributed by atoms with E-state index in [0.29, 0.717) is 18.5 Å². The van der Waals surface area contributed by atoms with Gasteiger partial charge in [-0.1, -0.05) is 11.6 Å². The molecular weight excluding hydrogens is 333 g/mol. The van der Waals surface area contributed by atoms with Crippen LogP contribution in [0.25, 0.3) is 0 Å². The highest BCUT2D eigenvalue weighted by molar-refractivity contribution is 14.1. The highest BCUT2D eigenvalue weighted by Gasteiger charge is 2.09. The average molecular weight is 347 g/mol. The second kappa shape index (κ2) is 6.58. The smallest absolute Gasteiger partial charge is 0.303 e. The standard InChI is InChI=1S/C12H14INO3/c1-8-4-5-10(13)9(7-8)12(17)14-6-2-3-11(15)16/h4-5,7H,2-3,6H2,1H3,(H,14,17)(H,15,16). The summed E-state index contributed by atoms with van der Waals surface area (Å²) in [5, 5.41) is 11.2. The van der Waals surface area contributed by atoms with E-state index in [1.165, 1.54) is 0 Å². The van der Waals surface area contributed by atoms with Gasteiger partial charge >= 0.3 is 5.97 Å². The van der Waals surface area contributed by atoms with Crippen LogP contribution in [0.1, 0.15) is 28.8 Å². The molecular formula is C12H14INO3. The molecule has 0 saturated carbocycles. The zero-order valence-electron chi connectivity index (χ0n) is 9.50. The van der Waals surface area contributed by atoms with Gasteiger partial charge in [0.05, 0.1) is 5.56 Å². The van der Waals surface area contributed by atoms with Crippen molar-refractivity contribution in [1.82, 2.24) is 5.32 Å². The molecule has 1 amide bonds. The predicted octanol–water partition coefficient (Wildman–Crippen LogP) is 2.19. The molecule has 0 unspecified atom stereocenters. The van der Waals surface area contributed by atoms with Crippen LogP contribution in [0.4, 0.5) is 0 Å². The van der Waals surface area contributed by atoms with E-state index in [2.05, 4.69) is 27.9 Å². The first kappa shape index (κ1) is 14.0. The molecule has 5 heteroatoms. The molecule has 1 aromatic rings. The number of halogens is 1. The maximum absolute atomic E-state index is 11.8. The Morgan fingerprint density at radius 2 is 2.12 bits per heavy atom. The zero-order chi connectivity index (χ0) is 12.8. The largest absolute Gasteiger partial charge is 0.481 e. The first-order valence-electron chi connectivity index (χ1n) is 5.27. The highest BCUT2D eigenvalue weighted by Crippen LogP contribution is 2.13. The van der Waals surface area contributed by atoms with Crippen molar-refractivity contribution in [2.75, 3.05) is 6.54 Å². The molecule has 0 aliphatic rings. The lowest BCUT2D eigenvalue weighted by atomic mass is 10.1. The Labute approximate surface area is 114 Å². The van der Waals surface area contributed by atoms with Gasteiger partial charge in [-0.25, -0.2) is 0 Å². The number of carboxylic acid groups (broad SMARTS) is 1. The summed E-state index contributed by atoms with van der Waals surface area (Å²) in [5.41, 5.74) is 1.67. The number of aliphatic carboxylic acids is 1. The van der Waals surface area contributed by atoms with Crippen molar-refractivity contribution in [2.45, 2.75) is 19.8 Å². The Bertz CT molecular complexity index is 432. The van der Waals surface area contributed by atoms with Crippen molar-refractivity contribution in [3.05, 3.63) is 32.9 Å². The van der Waals surface area contributed by atoms with E-state index in [9.17, 15) is 9.59 Å². The van der Waals surface area contributed by atoms with Gasteiger partial charge in [0.25, 0.3) is 5.91 Å². The van der Waals surface area contributed by atoms with Gasteiger partial charge in [-0.2, -0.15) is 0 Å². The van der Waals surface area contributed by atoms with E-state index in [-0.39, 0.29) is 12.3 Å². The fourth-order valence-corrected chi connectivity index (χ4v) is 1.93. The van der Waals surface area contributed by atoms with Crippen molar-refractivity contribution in [1.29, 1.82) is 0 Å². The fraction of sp³-hybridized carbons (Fsp3) is 0.333. The SMILES string of the molecule is Cc1ccc(I)c(C(=O)NCCCC(=O)O)c1. The summed E-state index contributed by atoms with van der Waals surface area (Å²) < 4.78 is 0.893. The summed E-state index contributed by atoms with van der Waals surface area (Å²) in [6, 6.07) is 5.67. The van der Waals surface area contributed by atoms with Crippen molar-refractivity contribution < 1.29 is 14.7 Å². The van der Waals surface area contributed by atoms with E-state index in [1.54, 1.807) is 0 Å². The molecule has 0 spiro atoms. The van der Waals surface area contributed by atoms with E-state index < -0.39 is 5.97 Å². The van der Waals surface area contributed by atoms with Gasteiger partial charge in [-0.05, 0) is 48.1 Å². The maximum atomic E-state index is 11.8. The Hall–Kier alpha value is -1.11. The number of hydrogen-bond donors (Lipinski definition) is 2. The minimum absolute atomic E-state index is 0.0746. The van der Waals surface area contributed by atoms with Crippen molar-refractivity contribution in [3.63, 3.8) is 0 Å². The van der Waals surface area contributed by atoms with Crippen LogP contribution in [0.15, 0.2) is 18.2 Å². The van der Waals surface area contributed by atoms with Crippen LogP contribution >= 0.6 is 22.6 Å². The molecule has 17 heavy (non-hydrogen) atoms. The Morgan fingerprint density at radius 3 is 2.76 bits per heavy atom. The summed E-state index contributed by atoms with van der Waals surface area (Å²) in [4.78, 5) is 22.1. The lowest BCUT2D eigenvalue weighted by molar-refractivity contribution is -0.137. The van der Waals surface area contributed by atoms with E-state index in [4.69, 9.17) is 5.11 Å². The number of rotatable bonds is 5. The summed E-state index contributed by atoms with van der Waals surface area (Å²) in [6.07, 6.45) is 0.522. The van der Waals surface area contributed by atoms with Crippen LogP contribution in [0.2, 0.25) is 0 Å². The lowest BCUT2D eigenvalue weighted by Gasteiger charge is -2.07. The van der Waals surface area contributed by atoms with Crippen molar-refractivity contribution in [3.8, 4) is 0 Å². The van der Waals surface area contributed by atoms with Crippen LogP contribution < -0.4 is 5.32 Å². The molecule has 0 radical (unpaired) electrons. The molecule has 0 aromatic heterocycles. The van der Waals surface area contributed by atoms with Crippen LogP contribution in [-0.4, -0.2) is 23.5 Å². The summed E-state index contributed by atoms with van der Waals surface area (Å²) in [6.45, 7) is 2.31. The maximum Gasteiger partial charge on any atom is 0.303 e. The average Bonchev–Trinajstić information content (AvgIpc) is 2.27. The summed E-state index contributed by atoms with van der Waals surface area (Å²) >= 11 is 2.11. The molecule has 4 nitrogen and oxygen atoms in total. The van der Waals surface area contributed by atoms with Gasteiger partial charge in [0, 0.05) is 16.5 Å². The van der Waals surface area contributed by atoms with Crippen molar-refractivity contribution in [2.24, 2.45) is 0 Å². The number of carbonyl (C=O) groups is 2. The number of nitrogens with one attached hydrogen (secondary N) is 1. The zero-order valence-corrected chi connectivity index (χ0v) is 11.7. The third-order valence-electron chi connectivity index (χ3n) is 2.22. The molecule has 0 bridgehead atoms. The second-order valence-electron chi connectivity index (χ2n) is 3.74. The first-order chi connectivity index (χ1) is 8.00. The normalized spacial score (nSPS) is 10.0. The molecule has 0 saturated heterocycles. The molecule has 2 N–H and O–H groups in total. The minimum Gasteiger partial charge on any atom is -0.481 e. The van der Waals surface area contributed by atoms with Crippen LogP contribution in [0.5, 0.6) is 0 Å². The third kappa shape index (κ3) is 4.72. The van der Waals surface area contributed by atoms with Gasteiger partial charge < -0.3 is 10.4 Å². The molecule has 0 aliphatic carbocycles. The second-order valence-corrected chi connectivity index (χ2v) is 4.90. The van der Waals surface area contributed by atoms with Gasteiger partial charge in [0.1, 0.15) is 0 Å². The monoisotopic (exact) mass is 347 g/mol. The number of carbonyl (C=O) groups excluding carboxylic acids is 1.